The van der Waals surface area contributed by atoms with Gasteiger partial charge in [0.1, 0.15) is 17.6 Å². The van der Waals surface area contributed by atoms with Crippen LogP contribution in [0.5, 0.6) is 0 Å². The minimum atomic E-state index is -0.237. The summed E-state index contributed by atoms with van der Waals surface area (Å²) in [6.07, 6.45) is 4.35. The molecule has 0 saturated carbocycles. The first-order valence-electron chi connectivity index (χ1n) is 8.51. The average molecular weight is 349 g/mol. The Morgan fingerprint density at radius 1 is 1.29 bits per heavy atom. The summed E-state index contributed by atoms with van der Waals surface area (Å²) in [7, 11) is 0. The number of anilines is 1. The topological polar surface area (TPSA) is 61.5 Å². The molecule has 2 aliphatic rings. The minimum Gasteiger partial charge on any atom is -0.368 e. The number of halogens is 1. The van der Waals surface area contributed by atoms with Crippen LogP contribution in [0.2, 0.25) is 5.02 Å². The second kappa shape index (κ2) is 6.61. The SMILES string of the molecule is O=C([C@H]1CCCO1)N1CCCN(c2cc(Cl)c3cc[nH]c3n2)CC1. The van der Waals surface area contributed by atoms with Crippen LogP contribution in [0.1, 0.15) is 19.3 Å². The number of aromatic nitrogens is 2. The van der Waals surface area contributed by atoms with Crippen LogP contribution in [0.25, 0.3) is 11.0 Å². The average Bonchev–Trinajstić information content (AvgIpc) is 3.21. The number of carbonyl (C=O) groups is 1. The maximum Gasteiger partial charge on any atom is 0.251 e. The molecular formula is C17H21ClN4O2. The molecule has 2 saturated heterocycles. The maximum absolute atomic E-state index is 12.5. The van der Waals surface area contributed by atoms with Crippen molar-refractivity contribution < 1.29 is 9.53 Å². The number of hydrogen-bond acceptors (Lipinski definition) is 4. The highest BCUT2D eigenvalue weighted by atomic mass is 35.5. The van der Waals surface area contributed by atoms with Gasteiger partial charge in [0.15, 0.2) is 0 Å². The Hall–Kier alpha value is -1.79. The number of hydrogen-bond donors (Lipinski definition) is 1. The zero-order chi connectivity index (χ0) is 16.5. The van der Waals surface area contributed by atoms with Crippen molar-refractivity contribution in [2.24, 2.45) is 0 Å². The Kier molecular flexibility index (Phi) is 4.33. The number of aromatic amines is 1. The largest absolute Gasteiger partial charge is 0.368 e. The predicted octanol–water partition coefficient (Wildman–Crippen LogP) is 2.43. The van der Waals surface area contributed by atoms with Gasteiger partial charge in [-0.25, -0.2) is 4.98 Å². The fourth-order valence-electron chi connectivity index (χ4n) is 3.49. The fraction of sp³-hybridized carbons (Fsp3) is 0.529. The Labute approximate surface area is 145 Å². The molecule has 24 heavy (non-hydrogen) atoms. The van der Waals surface area contributed by atoms with Gasteiger partial charge in [-0.15, -0.1) is 0 Å². The second-order valence-corrected chi connectivity index (χ2v) is 6.78. The van der Waals surface area contributed by atoms with Crippen LogP contribution >= 0.6 is 11.6 Å². The molecule has 6 nitrogen and oxygen atoms in total. The van der Waals surface area contributed by atoms with Gasteiger partial charge in [-0.3, -0.25) is 4.79 Å². The van der Waals surface area contributed by atoms with E-state index in [4.69, 9.17) is 16.3 Å². The van der Waals surface area contributed by atoms with Crippen molar-refractivity contribution in [2.75, 3.05) is 37.7 Å². The molecular weight excluding hydrogens is 328 g/mol. The summed E-state index contributed by atoms with van der Waals surface area (Å²) in [6, 6.07) is 3.84. The van der Waals surface area contributed by atoms with Crippen molar-refractivity contribution in [1.82, 2.24) is 14.9 Å². The summed E-state index contributed by atoms with van der Waals surface area (Å²) in [6.45, 7) is 3.79. The van der Waals surface area contributed by atoms with Crippen LogP contribution in [-0.4, -0.2) is 59.7 Å². The molecule has 0 radical (unpaired) electrons. The van der Waals surface area contributed by atoms with E-state index in [1.54, 1.807) is 0 Å². The van der Waals surface area contributed by atoms with E-state index in [1.807, 2.05) is 23.2 Å². The fourth-order valence-corrected chi connectivity index (χ4v) is 3.74. The van der Waals surface area contributed by atoms with Crippen LogP contribution in [0.15, 0.2) is 18.3 Å². The number of amides is 1. The lowest BCUT2D eigenvalue weighted by molar-refractivity contribution is -0.140. The molecule has 2 fully saturated rings. The molecule has 0 spiro atoms. The normalized spacial score (nSPS) is 22.1. The summed E-state index contributed by atoms with van der Waals surface area (Å²) < 4.78 is 5.54. The van der Waals surface area contributed by atoms with E-state index < -0.39 is 0 Å². The molecule has 4 rings (SSSR count). The second-order valence-electron chi connectivity index (χ2n) is 6.37. The van der Waals surface area contributed by atoms with Gasteiger partial charge < -0.3 is 19.5 Å². The third-order valence-electron chi connectivity index (χ3n) is 4.80. The van der Waals surface area contributed by atoms with Crippen molar-refractivity contribution >= 4 is 34.4 Å². The van der Waals surface area contributed by atoms with Gasteiger partial charge >= 0.3 is 0 Å². The number of pyridine rings is 1. The molecule has 2 aromatic heterocycles. The number of nitrogens with zero attached hydrogens (tertiary/aromatic N) is 3. The summed E-state index contributed by atoms with van der Waals surface area (Å²) in [5, 5.41) is 1.64. The number of rotatable bonds is 2. The van der Waals surface area contributed by atoms with E-state index in [9.17, 15) is 4.79 Å². The lowest BCUT2D eigenvalue weighted by atomic mass is 10.2. The molecule has 2 aromatic rings. The van der Waals surface area contributed by atoms with Crippen LogP contribution in [0.3, 0.4) is 0 Å². The quantitative estimate of drug-likeness (QED) is 0.905. The van der Waals surface area contributed by atoms with Gasteiger partial charge in [-0.1, -0.05) is 11.6 Å². The minimum absolute atomic E-state index is 0.139. The Balaban J connectivity index is 1.48. The highest BCUT2D eigenvalue weighted by Gasteiger charge is 2.29. The molecule has 128 valence electrons. The summed E-state index contributed by atoms with van der Waals surface area (Å²) in [4.78, 5) is 24.5. The van der Waals surface area contributed by atoms with E-state index in [0.717, 1.165) is 55.7 Å². The Bertz CT molecular complexity index is 741. The molecule has 0 aromatic carbocycles. The third kappa shape index (κ3) is 2.96. The Morgan fingerprint density at radius 3 is 3.04 bits per heavy atom. The van der Waals surface area contributed by atoms with Gasteiger partial charge in [0.25, 0.3) is 5.91 Å². The smallest absolute Gasteiger partial charge is 0.251 e. The monoisotopic (exact) mass is 348 g/mol. The predicted molar refractivity (Wildman–Crippen MR) is 93.5 cm³/mol. The van der Waals surface area contributed by atoms with E-state index in [0.29, 0.717) is 18.2 Å². The van der Waals surface area contributed by atoms with Crippen LogP contribution in [-0.2, 0) is 9.53 Å². The molecule has 1 N–H and O–H groups in total. The summed E-state index contributed by atoms with van der Waals surface area (Å²) >= 11 is 6.36. The highest BCUT2D eigenvalue weighted by Crippen LogP contribution is 2.27. The molecule has 1 amide bonds. The summed E-state index contributed by atoms with van der Waals surface area (Å²) in [5.74, 6) is 1.00. The lowest BCUT2D eigenvalue weighted by Gasteiger charge is -2.24. The van der Waals surface area contributed by atoms with Crippen molar-refractivity contribution in [3.05, 3.63) is 23.4 Å². The molecule has 7 heteroatoms. The highest BCUT2D eigenvalue weighted by molar-refractivity contribution is 6.35. The van der Waals surface area contributed by atoms with Crippen molar-refractivity contribution in [3.8, 4) is 0 Å². The number of nitrogens with one attached hydrogen (secondary N) is 1. The first kappa shape index (κ1) is 15.7. The number of ether oxygens (including phenoxy) is 1. The van der Waals surface area contributed by atoms with Crippen molar-refractivity contribution in [3.63, 3.8) is 0 Å². The van der Waals surface area contributed by atoms with Gasteiger partial charge in [0.05, 0.1) is 5.02 Å². The van der Waals surface area contributed by atoms with Crippen molar-refractivity contribution in [1.29, 1.82) is 0 Å². The molecule has 0 aliphatic carbocycles. The first-order valence-corrected chi connectivity index (χ1v) is 8.89. The lowest BCUT2D eigenvalue weighted by Crippen LogP contribution is -2.41. The van der Waals surface area contributed by atoms with Crippen LogP contribution < -0.4 is 4.90 Å². The molecule has 1 atom stereocenters. The van der Waals surface area contributed by atoms with E-state index in [2.05, 4.69) is 14.9 Å². The van der Waals surface area contributed by atoms with E-state index in [1.165, 1.54) is 0 Å². The first-order chi connectivity index (χ1) is 11.7. The molecule has 2 aliphatic heterocycles. The maximum atomic E-state index is 12.5. The molecule has 4 heterocycles. The van der Waals surface area contributed by atoms with Crippen molar-refractivity contribution in [2.45, 2.75) is 25.4 Å². The summed E-state index contributed by atoms with van der Waals surface area (Å²) in [5.41, 5.74) is 0.800. The number of carbonyl (C=O) groups excluding carboxylic acids is 1. The molecule has 0 unspecified atom stereocenters. The van der Waals surface area contributed by atoms with E-state index in [-0.39, 0.29) is 12.0 Å². The van der Waals surface area contributed by atoms with Gasteiger partial charge in [0.2, 0.25) is 0 Å². The number of H-pyrrole nitrogens is 1. The third-order valence-corrected chi connectivity index (χ3v) is 5.11. The standard InChI is InChI=1S/C17H21ClN4O2/c18-13-11-15(20-16-12(13)4-5-19-16)21-6-2-7-22(9-8-21)17(23)14-3-1-10-24-14/h4-5,11,14H,1-3,6-10H2,(H,19,20)/t14-/m1/s1. The molecule has 0 bridgehead atoms. The van der Waals surface area contributed by atoms with Gasteiger partial charge in [-0.2, -0.15) is 0 Å². The van der Waals surface area contributed by atoms with Crippen LogP contribution in [0.4, 0.5) is 5.82 Å². The zero-order valence-corrected chi connectivity index (χ0v) is 14.3. The van der Waals surface area contributed by atoms with Crippen LogP contribution in [0, 0.1) is 0 Å². The Morgan fingerprint density at radius 2 is 2.21 bits per heavy atom. The zero-order valence-electron chi connectivity index (χ0n) is 13.5. The van der Waals surface area contributed by atoms with Gasteiger partial charge in [-0.05, 0) is 25.3 Å². The van der Waals surface area contributed by atoms with Gasteiger partial charge in [0, 0.05) is 50.4 Å². The number of fused-ring (bicyclic) bond motifs is 1. The van der Waals surface area contributed by atoms with E-state index >= 15 is 0 Å².